The van der Waals surface area contributed by atoms with Gasteiger partial charge in [-0.05, 0) is 0 Å². The number of aromatic amines is 1. The van der Waals surface area contributed by atoms with E-state index in [9.17, 15) is 14.7 Å². The Hall–Kier alpha value is -1.93. The molecule has 0 aliphatic carbocycles. The molecule has 0 radical (unpaired) electrons. The van der Waals surface area contributed by atoms with Crippen LogP contribution in [0.5, 0.6) is 5.88 Å². The molecule has 3 heterocycles. The number of ether oxygens (including phenoxy) is 3. The first-order valence-corrected chi connectivity index (χ1v) is 5.79. The molecule has 8 nitrogen and oxygen atoms in total. The topological polar surface area (TPSA) is 111 Å². The fourth-order valence-corrected chi connectivity index (χ4v) is 2.41. The van der Waals surface area contributed by atoms with Gasteiger partial charge in [0.2, 0.25) is 5.88 Å². The van der Waals surface area contributed by atoms with E-state index in [2.05, 4.69) is 9.97 Å². The summed E-state index contributed by atoms with van der Waals surface area (Å²) in [4.78, 5) is 28.3. The SMILES string of the molecule is CC(=O)O[C@H]1[C@@H]2Oc3[nH]c(=O)ncc3[C@@H]2O[C@@H]1CO. The van der Waals surface area contributed by atoms with Gasteiger partial charge in [0.1, 0.15) is 12.2 Å². The van der Waals surface area contributed by atoms with Crippen molar-refractivity contribution in [2.24, 2.45) is 0 Å². The van der Waals surface area contributed by atoms with Crippen molar-refractivity contribution in [3.63, 3.8) is 0 Å². The highest BCUT2D eigenvalue weighted by Crippen LogP contribution is 2.44. The molecule has 2 aliphatic rings. The number of aliphatic hydroxyl groups excluding tert-OH is 1. The molecule has 19 heavy (non-hydrogen) atoms. The quantitative estimate of drug-likeness (QED) is 0.654. The average molecular weight is 268 g/mol. The Morgan fingerprint density at radius 2 is 2.42 bits per heavy atom. The first kappa shape index (κ1) is 12.1. The summed E-state index contributed by atoms with van der Waals surface area (Å²) >= 11 is 0. The number of carbonyl (C=O) groups excluding carboxylic acids is 1. The molecule has 8 heteroatoms. The van der Waals surface area contributed by atoms with Gasteiger partial charge in [0, 0.05) is 13.1 Å². The molecular formula is C11H12N2O6. The van der Waals surface area contributed by atoms with Crippen molar-refractivity contribution in [1.82, 2.24) is 9.97 Å². The molecule has 0 saturated carbocycles. The highest BCUT2D eigenvalue weighted by molar-refractivity contribution is 5.66. The number of hydrogen-bond acceptors (Lipinski definition) is 7. The van der Waals surface area contributed by atoms with E-state index in [1.807, 2.05) is 0 Å². The van der Waals surface area contributed by atoms with Crippen LogP contribution in [0.25, 0.3) is 0 Å². The molecule has 2 aliphatic heterocycles. The monoisotopic (exact) mass is 268 g/mol. The first-order chi connectivity index (χ1) is 9.10. The van der Waals surface area contributed by atoms with E-state index in [4.69, 9.17) is 14.2 Å². The first-order valence-electron chi connectivity index (χ1n) is 5.79. The maximum Gasteiger partial charge on any atom is 0.347 e. The highest BCUT2D eigenvalue weighted by Gasteiger charge is 2.53. The molecule has 1 saturated heterocycles. The molecule has 4 atom stereocenters. The lowest BCUT2D eigenvalue weighted by atomic mass is 10.1. The van der Waals surface area contributed by atoms with Crippen LogP contribution in [0, 0.1) is 0 Å². The number of rotatable bonds is 2. The summed E-state index contributed by atoms with van der Waals surface area (Å²) in [6, 6.07) is 0. The van der Waals surface area contributed by atoms with Crippen molar-refractivity contribution in [1.29, 1.82) is 0 Å². The van der Waals surface area contributed by atoms with E-state index in [-0.39, 0.29) is 12.5 Å². The molecule has 1 fully saturated rings. The van der Waals surface area contributed by atoms with Gasteiger partial charge in [-0.1, -0.05) is 0 Å². The third kappa shape index (κ3) is 1.89. The van der Waals surface area contributed by atoms with E-state index in [1.54, 1.807) is 0 Å². The maximum atomic E-state index is 11.1. The number of nitrogens with zero attached hydrogens (tertiary/aromatic N) is 1. The van der Waals surface area contributed by atoms with Crippen molar-refractivity contribution in [3.05, 3.63) is 22.2 Å². The van der Waals surface area contributed by atoms with E-state index in [1.165, 1.54) is 13.1 Å². The summed E-state index contributed by atoms with van der Waals surface area (Å²) in [7, 11) is 0. The zero-order valence-corrected chi connectivity index (χ0v) is 10.0. The summed E-state index contributed by atoms with van der Waals surface area (Å²) in [5, 5.41) is 9.25. The van der Waals surface area contributed by atoms with Gasteiger partial charge in [-0.15, -0.1) is 0 Å². The zero-order valence-electron chi connectivity index (χ0n) is 10.0. The van der Waals surface area contributed by atoms with Crippen LogP contribution in [0.15, 0.2) is 11.0 Å². The van der Waals surface area contributed by atoms with Gasteiger partial charge in [-0.3, -0.25) is 9.78 Å². The van der Waals surface area contributed by atoms with Crippen molar-refractivity contribution in [2.45, 2.75) is 31.3 Å². The van der Waals surface area contributed by atoms with Crippen LogP contribution in [0.2, 0.25) is 0 Å². The molecule has 2 N–H and O–H groups in total. The molecule has 0 bridgehead atoms. The van der Waals surface area contributed by atoms with E-state index < -0.39 is 36.1 Å². The summed E-state index contributed by atoms with van der Waals surface area (Å²) in [5.74, 6) is -0.220. The van der Waals surface area contributed by atoms with Crippen LogP contribution < -0.4 is 10.4 Å². The number of esters is 1. The van der Waals surface area contributed by atoms with Gasteiger partial charge in [0.05, 0.1) is 12.2 Å². The minimum atomic E-state index is -0.719. The number of H-pyrrole nitrogens is 1. The van der Waals surface area contributed by atoms with Crippen LogP contribution in [0.4, 0.5) is 0 Å². The van der Waals surface area contributed by atoms with E-state index in [0.29, 0.717) is 5.56 Å². The predicted octanol–water partition coefficient (Wildman–Crippen LogP) is -1.11. The Kier molecular flexibility index (Phi) is 2.76. The Labute approximate surface area is 107 Å². The Bertz CT molecular complexity index is 571. The molecule has 0 amide bonds. The molecule has 3 rings (SSSR count). The molecule has 0 aromatic carbocycles. The summed E-state index contributed by atoms with van der Waals surface area (Å²) in [6.07, 6.45) is -1.11. The van der Waals surface area contributed by atoms with Crippen LogP contribution in [0.3, 0.4) is 0 Å². The second-order valence-corrected chi connectivity index (χ2v) is 4.41. The second kappa shape index (κ2) is 4.32. The largest absolute Gasteiger partial charge is 0.468 e. The van der Waals surface area contributed by atoms with Crippen molar-refractivity contribution >= 4 is 5.97 Å². The van der Waals surface area contributed by atoms with E-state index >= 15 is 0 Å². The summed E-state index contributed by atoms with van der Waals surface area (Å²) in [6.45, 7) is 0.980. The highest BCUT2D eigenvalue weighted by atomic mass is 16.6. The molecule has 1 aromatic heterocycles. The Morgan fingerprint density at radius 3 is 3.11 bits per heavy atom. The Morgan fingerprint density at radius 1 is 1.63 bits per heavy atom. The fourth-order valence-electron chi connectivity index (χ4n) is 2.41. The van der Waals surface area contributed by atoms with Gasteiger partial charge >= 0.3 is 11.7 Å². The lowest BCUT2D eigenvalue weighted by Gasteiger charge is -2.20. The van der Waals surface area contributed by atoms with Gasteiger partial charge in [-0.2, -0.15) is 0 Å². The number of aromatic nitrogens is 2. The molecule has 0 spiro atoms. The summed E-state index contributed by atoms with van der Waals surface area (Å²) in [5.41, 5.74) is 0.0548. The molecular weight excluding hydrogens is 256 g/mol. The van der Waals surface area contributed by atoms with Crippen molar-refractivity contribution in [3.8, 4) is 5.88 Å². The standard InChI is InChI=1S/C11H12N2O6/c1-4(15)17-8-6(3-14)18-7-5-2-12-11(16)13-10(5)19-9(7)8/h2,6-9,14H,3H2,1H3,(H,12,13,16)/t6-,7+,8-,9-/m1/s1. The molecule has 0 unspecified atom stereocenters. The van der Waals surface area contributed by atoms with Gasteiger partial charge < -0.3 is 19.3 Å². The maximum absolute atomic E-state index is 11.1. The second-order valence-electron chi connectivity index (χ2n) is 4.41. The smallest absolute Gasteiger partial charge is 0.347 e. The van der Waals surface area contributed by atoms with E-state index in [0.717, 1.165) is 0 Å². The minimum absolute atomic E-state index is 0.267. The van der Waals surface area contributed by atoms with Crippen LogP contribution in [-0.4, -0.2) is 46.0 Å². The minimum Gasteiger partial charge on any atom is -0.468 e. The summed E-state index contributed by atoms with van der Waals surface area (Å²) < 4.78 is 16.3. The van der Waals surface area contributed by atoms with Crippen molar-refractivity contribution in [2.75, 3.05) is 6.61 Å². The fraction of sp³-hybridized carbons (Fsp3) is 0.545. The van der Waals surface area contributed by atoms with Gasteiger partial charge in [-0.25, -0.2) is 9.78 Å². The molecule has 102 valence electrons. The van der Waals surface area contributed by atoms with Crippen LogP contribution in [-0.2, 0) is 14.3 Å². The number of fused-ring (bicyclic) bond motifs is 3. The third-order valence-electron chi connectivity index (χ3n) is 3.16. The van der Waals surface area contributed by atoms with Gasteiger partial charge in [0.15, 0.2) is 12.2 Å². The van der Waals surface area contributed by atoms with Crippen LogP contribution >= 0.6 is 0 Å². The lowest BCUT2D eigenvalue weighted by molar-refractivity contribution is -0.153. The lowest BCUT2D eigenvalue weighted by Crippen LogP contribution is -2.38. The number of carbonyl (C=O) groups is 1. The average Bonchev–Trinajstić information content (AvgIpc) is 2.85. The van der Waals surface area contributed by atoms with Gasteiger partial charge in [0.25, 0.3) is 0 Å². The van der Waals surface area contributed by atoms with Crippen LogP contribution in [0.1, 0.15) is 18.6 Å². The third-order valence-corrected chi connectivity index (χ3v) is 3.16. The Balaban J connectivity index is 1.92. The molecule has 1 aromatic rings. The predicted molar refractivity (Wildman–Crippen MR) is 59.5 cm³/mol. The van der Waals surface area contributed by atoms with Crippen molar-refractivity contribution < 1.29 is 24.1 Å². The number of aliphatic hydroxyl groups is 1. The zero-order chi connectivity index (χ0) is 13.6. The number of nitrogens with one attached hydrogen (secondary N) is 1. The normalized spacial score (nSPS) is 31.5. The number of hydrogen-bond donors (Lipinski definition) is 2.